The lowest BCUT2D eigenvalue weighted by Crippen LogP contribution is -2.28. The maximum atomic E-state index is 12.9. The maximum absolute atomic E-state index is 12.9. The van der Waals surface area contributed by atoms with Crippen molar-refractivity contribution in [2.45, 2.75) is 24.7 Å². The van der Waals surface area contributed by atoms with Crippen molar-refractivity contribution in [1.82, 2.24) is 5.32 Å². The van der Waals surface area contributed by atoms with Crippen LogP contribution < -0.4 is 14.8 Å². The molecule has 2 N–H and O–H groups in total. The van der Waals surface area contributed by atoms with Crippen molar-refractivity contribution in [3.63, 3.8) is 0 Å². The minimum absolute atomic E-state index is 0.0621. The van der Waals surface area contributed by atoms with Crippen LogP contribution in [0.5, 0.6) is 5.75 Å². The molecule has 1 atom stereocenters. The van der Waals surface area contributed by atoms with E-state index in [0.29, 0.717) is 29.1 Å². The molecule has 0 heterocycles. The molecular formula is C24H26N2O4S. The Morgan fingerprint density at radius 3 is 2.32 bits per heavy atom. The van der Waals surface area contributed by atoms with Crippen molar-refractivity contribution >= 4 is 21.6 Å². The normalized spacial score (nSPS) is 12.1. The Morgan fingerprint density at radius 1 is 1.00 bits per heavy atom. The molecule has 1 unspecified atom stereocenters. The van der Waals surface area contributed by atoms with Gasteiger partial charge in [-0.15, -0.1) is 0 Å². The Labute approximate surface area is 183 Å². The summed E-state index contributed by atoms with van der Waals surface area (Å²) >= 11 is 0. The number of aryl methyl sites for hydroxylation is 1. The van der Waals surface area contributed by atoms with Gasteiger partial charge >= 0.3 is 0 Å². The molecule has 7 heteroatoms. The molecule has 1 amide bonds. The summed E-state index contributed by atoms with van der Waals surface area (Å²) < 4.78 is 33.5. The number of anilines is 1. The Morgan fingerprint density at radius 2 is 1.68 bits per heavy atom. The second kappa shape index (κ2) is 9.66. The van der Waals surface area contributed by atoms with Gasteiger partial charge in [-0.25, -0.2) is 8.42 Å². The van der Waals surface area contributed by atoms with Crippen LogP contribution in [0.4, 0.5) is 5.69 Å². The van der Waals surface area contributed by atoms with Gasteiger partial charge in [0.25, 0.3) is 15.9 Å². The first-order valence-electron chi connectivity index (χ1n) is 9.91. The average molecular weight is 439 g/mol. The monoisotopic (exact) mass is 438 g/mol. The zero-order valence-corrected chi connectivity index (χ0v) is 18.6. The van der Waals surface area contributed by atoms with Gasteiger partial charge in [-0.2, -0.15) is 0 Å². The van der Waals surface area contributed by atoms with Gasteiger partial charge in [-0.05, 0) is 60.4 Å². The first-order valence-corrected chi connectivity index (χ1v) is 11.4. The van der Waals surface area contributed by atoms with Crippen LogP contribution >= 0.6 is 0 Å². The van der Waals surface area contributed by atoms with Crippen molar-refractivity contribution in [3.05, 3.63) is 89.5 Å². The lowest BCUT2D eigenvalue weighted by Gasteiger charge is -2.15. The number of hydrogen-bond donors (Lipinski definition) is 2. The van der Waals surface area contributed by atoms with Gasteiger partial charge in [0, 0.05) is 17.8 Å². The van der Waals surface area contributed by atoms with Gasteiger partial charge in [0.05, 0.1) is 12.0 Å². The van der Waals surface area contributed by atoms with E-state index in [9.17, 15) is 13.2 Å². The van der Waals surface area contributed by atoms with Crippen LogP contribution in [0.3, 0.4) is 0 Å². The molecule has 0 aliphatic rings. The third-order valence-electron chi connectivity index (χ3n) is 5.02. The quantitative estimate of drug-likeness (QED) is 0.548. The minimum atomic E-state index is -3.86. The Balaban J connectivity index is 1.74. The van der Waals surface area contributed by atoms with Crippen LogP contribution in [-0.2, 0) is 10.0 Å². The number of amides is 1. The van der Waals surface area contributed by atoms with Gasteiger partial charge in [-0.1, -0.05) is 43.3 Å². The second-order valence-electron chi connectivity index (χ2n) is 7.34. The summed E-state index contributed by atoms with van der Waals surface area (Å²) in [5.41, 5.74) is 2.38. The number of nitrogens with one attached hydrogen (secondary N) is 2. The van der Waals surface area contributed by atoms with Gasteiger partial charge in [-0.3, -0.25) is 9.52 Å². The number of sulfonamides is 1. The predicted molar refractivity (Wildman–Crippen MR) is 122 cm³/mol. The van der Waals surface area contributed by atoms with E-state index in [1.54, 1.807) is 50.4 Å². The molecule has 6 nitrogen and oxygen atoms in total. The van der Waals surface area contributed by atoms with Crippen LogP contribution in [0.2, 0.25) is 0 Å². The minimum Gasteiger partial charge on any atom is -0.497 e. The fraction of sp³-hybridized carbons (Fsp3) is 0.208. The topological polar surface area (TPSA) is 84.5 Å². The van der Waals surface area contributed by atoms with E-state index in [1.807, 2.05) is 37.3 Å². The second-order valence-corrected chi connectivity index (χ2v) is 8.99. The van der Waals surface area contributed by atoms with E-state index in [4.69, 9.17) is 4.74 Å². The molecule has 3 aromatic rings. The van der Waals surface area contributed by atoms with Gasteiger partial charge in [0.2, 0.25) is 0 Å². The summed E-state index contributed by atoms with van der Waals surface area (Å²) in [5.74, 6) is 0.446. The first kappa shape index (κ1) is 22.4. The van der Waals surface area contributed by atoms with Crippen LogP contribution in [0, 0.1) is 6.92 Å². The lowest BCUT2D eigenvalue weighted by atomic mass is 10.0. The number of benzene rings is 3. The SMILES string of the molecule is COc1ccc(NS(=O)(=O)c2cc(C(=O)NCC(C)c3ccccc3)ccc2C)cc1. The molecule has 31 heavy (non-hydrogen) atoms. The van der Waals surface area contributed by atoms with Crippen molar-refractivity contribution < 1.29 is 17.9 Å². The van der Waals surface area contributed by atoms with E-state index in [-0.39, 0.29) is 16.7 Å². The number of hydrogen-bond acceptors (Lipinski definition) is 4. The highest BCUT2D eigenvalue weighted by atomic mass is 32.2. The van der Waals surface area contributed by atoms with Gasteiger partial charge in [0.1, 0.15) is 5.75 Å². The van der Waals surface area contributed by atoms with Crippen LogP contribution in [0.1, 0.15) is 34.3 Å². The van der Waals surface area contributed by atoms with Crippen molar-refractivity contribution in [1.29, 1.82) is 0 Å². The van der Waals surface area contributed by atoms with Crippen molar-refractivity contribution in [2.75, 3.05) is 18.4 Å². The number of rotatable bonds is 8. The molecule has 0 saturated heterocycles. The Bertz CT molecular complexity index is 1140. The molecule has 0 saturated carbocycles. The maximum Gasteiger partial charge on any atom is 0.262 e. The van der Waals surface area contributed by atoms with Crippen LogP contribution in [-0.4, -0.2) is 28.0 Å². The van der Waals surface area contributed by atoms with Crippen LogP contribution in [0.15, 0.2) is 77.7 Å². The van der Waals surface area contributed by atoms with E-state index < -0.39 is 10.0 Å². The smallest absolute Gasteiger partial charge is 0.262 e. The zero-order chi connectivity index (χ0) is 22.4. The molecular weight excluding hydrogens is 412 g/mol. The fourth-order valence-corrected chi connectivity index (χ4v) is 4.48. The first-order chi connectivity index (χ1) is 14.8. The van der Waals surface area contributed by atoms with Crippen molar-refractivity contribution in [2.24, 2.45) is 0 Å². The summed E-state index contributed by atoms with van der Waals surface area (Å²) in [6, 6.07) is 21.1. The largest absolute Gasteiger partial charge is 0.497 e. The third kappa shape index (κ3) is 5.64. The highest BCUT2D eigenvalue weighted by Gasteiger charge is 2.20. The molecule has 162 valence electrons. The van der Waals surface area contributed by atoms with Gasteiger partial charge in [0.15, 0.2) is 0 Å². The third-order valence-corrected chi connectivity index (χ3v) is 6.54. The molecule has 3 aromatic carbocycles. The molecule has 0 aliphatic carbocycles. The fourth-order valence-electron chi connectivity index (χ4n) is 3.15. The summed E-state index contributed by atoms with van der Waals surface area (Å²) in [6.07, 6.45) is 0. The molecule has 0 spiro atoms. The standard InChI is InChI=1S/C24H26N2O4S/c1-17-9-10-20(24(27)25-16-18(2)19-7-5-4-6-8-19)15-23(17)31(28,29)26-21-11-13-22(30-3)14-12-21/h4-15,18,26H,16H2,1-3H3,(H,25,27). The number of carbonyl (C=O) groups excluding carboxylic acids is 1. The summed E-state index contributed by atoms with van der Waals surface area (Å²) in [7, 11) is -2.32. The van der Waals surface area contributed by atoms with Crippen LogP contribution in [0.25, 0.3) is 0 Å². The lowest BCUT2D eigenvalue weighted by molar-refractivity contribution is 0.0951. The number of methoxy groups -OCH3 is 1. The average Bonchev–Trinajstić information content (AvgIpc) is 2.78. The molecule has 0 fully saturated rings. The molecule has 0 aromatic heterocycles. The van der Waals surface area contributed by atoms with Crippen molar-refractivity contribution in [3.8, 4) is 5.75 Å². The van der Waals surface area contributed by atoms with E-state index in [2.05, 4.69) is 10.0 Å². The molecule has 0 radical (unpaired) electrons. The summed E-state index contributed by atoms with van der Waals surface area (Å²) in [5, 5.41) is 2.89. The van der Waals surface area contributed by atoms with E-state index in [0.717, 1.165) is 5.56 Å². The molecule has 0 bridgehead atoms. The molecule has 3 rings (SSSR count). The number of ether oxygens (including phenoxy) is 1. The van der Waals surface area contributed by atoms with E-state index >= 15 is 0 Å². The Hall–Kier alpha value is -3.32. The molecule has 0 aliphatic heterocycles. The Kier molecular flexibility index (Phi) is 6.97. The van der Waals surface area contributed by atoms with Gasteiger partial charge < -0.3 is 10.1 Å². The highest BCUT2D eigenvalue weighted by Crippen LogP contribution is 2.23. The zero-order valence-electron chi connectivity index (χ0n) is 17.8. The number of carbonyl (C=O) groups is 1. The predicted octanol–water partition coefficient (Wildman–Crippen LogP) is 4.34. The van der Waals surface area contributed by atoms with E-state index in [1.165, 1.54) is 6.07 Å². The highest BCUT2D eigenvalue weighted by molar-refractivity contribution is 7.92. The summed E-state index contributed by atoms with van der Waals surface area (Å²) in [6.45, 7) is 4.17. The summed E-state index contributed by atoms with van der Waals surface area (Å²) in [4.78, 5) is 12.7.